The quantitative estimate of drug-likeness (QED) is 0.397. The van der Waals surface area contributed by atoms with Gasteiger partial charge in [0.2, 0.25) is 0 Å². The van der Waals surface area contributed by atoms with E-state index in [2.05, 4.69) is 45.6 Å². The first kappa shape index (κ1) is 26.6. The zero-order valence-corrected chi connectivity index (χ0v) is 20.6. The number of hydrogen-bond acceptors (Lipinski definition) is 5. The monoisotopic (exact) mass is 476 g/mol. The third-order valence-electron chi connectivity index (χ3n) is 4.85. The van der Waals surface area contributed by atoms with Gasteiger partial charge in [0.25, 0.3) is 0 Å². The largest absolute Gasteiger partial charge is 0.361 e. The molecule has 3 heterocycles. The van der Waals surface area contributed by atoms with E-state index in [0.29, 0.717) is 25.1 Å². The molecule has 0 bridgehead atoms. The number of piperidine rings is 1. The number of anilines is 1. The molecule has 2 amide bonds. The van der Waals surface area contributed by atoms with Crippen molar-refractivity contribution in [2.24, 2.45) is 0 Å². The Morgan fingerprint density at radius 1 is 1.33 bits per heavy atom. The van der Waals surface area contributed by atoms with Gasteiger partial charge in [0.1, 0.15) is 12.2 Å². The van der Waals surface area contributed by atoms with Gasteiger partial charge in [-0.25, -0.2) is 14.8 Å². The average Bonchev–Trinajstić information content (AvgIpc) is 3.06. The Morgan fingerprint density at radius 2 is 2.13 bits per heavy atom. The van der Waals surface area contributed by atoms with Gasteiger partial charge >= 0.3 is 6.03 Å². The SMILES string of the molecule is C[Si](C)(C)CCOCn1ccc2nc(NC(=O)NCC3CCCCN3)cnc21.Cl.Cl. The Bertz CT molecular complexity index is 793. The predicted molar refractivity (Wildman–Crippen MR) is 129 cm³/mol. The maximum absolute atomic E-state index is 12.1. The number of aromatic nitrogens is 3. The summed E-state index contributed by atoms with van der Waals surface area (Å²) < 4.78 is 7.73. The molecule has 11 heteroatoms. The molecule has 0 aromatic carbocycles. The van der Waals surface area contributed by atoms with Crippen LogP contribution in [0.5, 0.6) is 0 Å². The first-order valence-corrected chi connectivity index (χ1v) is 13.8. The van der Waals surface area contributed by atoms with E-state index in [1.54, 1.807) is 6.20 Å². The van der Waals surface area contributed by atoms with Crippen molar-refractivity contribution in [1.29, 1.82) is 0 Å². The molecule has 1 saturated heterocycles. The van der Waals surface area contributed by atoms with Crippen LogP contribution in [0, 0.1) is 0 Å². The van der Waals surface area contributed by atoms with Crippen LogP contribution in [0.3, 0.4) is 0 Å². The highest BCUT2D eigenvalue weighted by atomic mass is 35.5. The minimum atomic E-state index is -1.09. The second-order valence-corrected chi connectivity index (χ2v) is 14.2. The van der Waals surface area contributed by atoms with Gasteiger partial charge < -0.3 is 19.9 Å². The van der Waals surface area contributed by atoms with Crippen LogP contribution in [0.1, 0.15) is 19.3 Å². The number of rotatable bonds is 8. The van der Waals surface area contributed by atoms with Crippen LogP contribution in [-0.4, -0.2) is 54.4 Å². The maximum Gasteiger partial charge on any atom is 0.320 e. The number of carbonyl (C=O) groups excluding carboxylic acids is 1. The molecular formula is C19H34Cl2N6O2Si. The first-order chi connectivity index (χ1) is 13.4. The highest BCUT2D eigenvalue weighted by Crippen LogP contribution is 2.15. The summed E-state index contributed by atoms with van der Waals surface area (Å²) in [5.74, 6) is 0.444. The van der Waals surface area contributed by atoms with Crippen LogP contribution in [0.25, 0.3) is 11.2 Å². The molecule has 0 radical (unpaired) electrons. The Hall–Kier alpha value is -1.39. The van der Waals surface area contributed by atoms with Crippen LogP contribution in [-0.2, 0) is 11.5 Å². The minimum Gasteiger partial charge on any atom is -0.361 e. The maximum atomic E-state index is 12.1. The van der Waals surface area contributed by atoms with E-state index in [0.717, 1.165) is 36.8 Å². The van der Waals surface area contributed by atoms with Crippen molar-refractivity contribution in [2.75, 3.05) is 25.0 Å². The van der Waals surface area contributed by atoms with Crippen LogP contribution in [0.2, 0.25) is 25.7 Å². The Labute approximate surface area is 191 Å². The molecule has 1 unspecified atom stereocenters. The van der Waals surface area contributed by atoms with Crippen LogP contribution < -0.4 is 16.0 Å². The molecule has 1 fully saturated rings. The third kappa shape index (κ3) is 8.39. The summed E-state index contributed by atoms with van der Waals surface area (Å²) in [5.41, 5.74) is 1.49. The van der Waals surface area contributed by atoms with Gasteiger partial charge in [0.05, 0.1) is 6.20 Å². The van der Waals surface area contributed by atoms with E-state index in [1.807, 2.05) is 16.8 Å². The number of amides is 2. The number of urea groups is 1. The van der Waals surface area contributed by atoms with Crippen molar-refractivity contribution in [3.8, 4) is 0 Å². The van der Waals surface area contributed by atoms with Crippen molar-refractivity contribution >= 4 is 55.9 Å². The molecule has 3 rings (SSSR count). The molecule has 1 aliphatic rings. The van der Waals surface area contributed by atoms with Gasteiger partial charge in [0, 0.05) is 33.5 Å². The second-order valence-electron chi connectivity index (χ2n) is 8.58. The second kappa shape index (κ2) is 12.5. The number of nitrogens with zero attached hydrogens (tertiary/aromatic N) is 3. The van der Waals surface area contributed by atoms with Crippen molar-refractivity contribution in [1.82, 2.24) is 25.2 Å². The van der Waals surface area contributed by atoms with E-state index in [9.17, 15) is 4.79 Å². The van der Waals surface area contributed by atoms with E-state index >= 15 is 0 Å². The van der Waals surface area contributed by atoms with Gasteiger partial charge in [-0.1, -0.05) is 26.1 Å². The predicted octanol–water partition coefficient (Wildman–Crippen LogP) is 3.85. The van der Waals surface area contributed by atoms with E-state index < -0.39 is 8.07 Å². The fraction of sp³-hybridized carbons (Fsp3) is 0.632. The lowest BCUT2D eigenvalue weighted by molar-refractivity contribution is 0.0899. The molecule has 170 valence electrons. The molecule has 3 N–H and O–H groups in total. The van der Waals surface area contributed by atoms with E-state index in [-0.39, 0.29) is 30.8 Å². The highest BCUT2D eigenvalue weighted by molar-refractivity contribution is 6.76. The van der Waals surface area contributed by atoms with Gasteiger partial charge in [-0.15, -0.1) is 24.8 Å². The van der Waals surface area contributed by atoms with Crippen LogP contribution >= 0.6 is 24.8 Å². The number of ether oxygens (including phenoxy) is 1. The van der Waals surface area contributed by atoms with E-state index in [1.165, 1.54) is 12.8 Å². The molecule has 2 aromatic heterocycles. The molecule has 0 saturated carbocycles. The molecule has 0 aliphatic carbocycles. The fourth-order valence-corrected chi connectivity index (χ4v) is 3.90. The van der Waals surface area contributed by atoms with Gasteiger partial charge in [-0.2, -0.15) is 0 Å². The number of halogens is 2. The number of hydrogen-bond donors (Lipinski definition) is 3. The van der Waals surface area contributed by atoms with Crippen molar-refractivity contribution in [3.05, 3.63) is 18.5 Å². The normalized spacial score (nSPS) is 16.4. The minimum absolute atomic E-state index is 0. The Morgan fingerprint density at radius 3 is 2.83 bits per heavy atom. The number of nitrogens with one attached hydrogen (secondary N) is 3. The summed E-state index contributed by atoms with van der Waals surface area (Å²) in [4.78, 5) is 21.0. The van der Waals surface area contributed by atoms with Crippen molar-refractivity contribution in [3.63, 3.8) is 0 Å². The molecule has 8 nitrogen and oxygen atoms in total. The van der Waals surface area contributed by atoms with Crippen molar-refractivity contribution in [2.45, 2.75) is 57.7 Å². The number of fused-ring (bicyclic) bond motifs is 1. The topological polar surface area (TPSA) is 93.1 Å². The third-order valence-corrected chi connectivity index (χ3v) is 6.56. The summed E-state index contributed by atoms with van der Waals surface area (Å²) in [6.07, 6.45) is 7.01. The van der Waals surface area contributed by atoms with Crippen LogP contribution in [0.4, 0.5) is 10.6 Å². The summed E-state index contributed by atoms with van der Waals surface area (Å²) in [7, 11) is -1.09. The summed E-state index contributed by atoms with van der Waals surface area (Å²) in [6.45, 7) is 9.88. The lowest BCUT2D eigenvalue weighted by atomic mass is 10.1. The highest BCUT2D eigenvalue weighted by Gasteiger charge is 2.14. The lowest BCUT2D eigenvalue weighted by Gasteiger charge is -2.23. The zero-order chi connectivity index (χ0) is 20.0. The number of carbonyl (C=O) groups is 1. The molecule has 30 heavy (non-hydrogen) atoms. The van der Waals surface area contributed by atoms with Gasteiger partial charge in [0.15, 0.2) is 11.5 Å². The molecule has 1 aliphatic heterocycles. The molecule has 1 atom stereocenters. The Balaban J connectivity index is 0.00000225. The summed E-state index contributed by atoms with van der Waals surface area (Å²) in [6, 6.07) is 3.12. The molecular weight excluding hydrogens is 443 g/mol. The molecule has 0 spiro atoms. The standard InChI is InChI=1S/C19H32N6O2Si.2ClH/c1-28(2,3)11-10-27-14-25-9-7-16-18(25)21-13-17(23-16)24-19(26)22-12-15-6-4-5-8-20-15;;/h7,9,13,15,20H,4-6,8,10-12,14H2,1-3H3,(H2,22,23,24,26);2*1H. The summed E-state index contributed by atoms with van der Waals surface area (Å²) >= 11 is 0. The van der Waals surface area contributed by atoms with Gasteiger partial charge in [-0.05, 0) is 31.5 Å². The summed E-state index contributed by atoms with van der Waals surface area (Å²) in [5, 5.41) is 9.07. The fourth-order valence-electron chi connectivity index (χ4n) is 3.14. The zero-order valence-electron chi connectivity index (χ0n) is 17.9. The Kier molecular flexibility index (Phi) is 11.1. The van der Waals surface area contributed by atoms with Crippen molar-refractivity contribution < 1.29 is 9.53 Å². The smallest absolute Gasteiger partial charge is 0.320 e. The molecule has 2 aromatic rings. The van der Waals surface area contributed by atoms with Gasteiger partial charge in [-0.3, -0.25) is 5.32 Å². The lowest BCUT2D eigenvalue weighted by Crippen LogP contribution is -2.44. The van der Waals surface area contributed by atoms with E-state index in [4.69, 9.17) is 4.74 Å². The van der Waals surface area contributed by atoms with Crippen LogP contribution in [0.15, 0.2) is 18.5 Å². The average molecular weight is 478 g/mol. The first-order valence-electron chi connectivity index (χ1n) is 10.1.